The van der Waals surface area contributed by atoms with Crippen molar-refractivity contribution in [1.82, 2.24) is 9.21 Å². The van der Waals surface area contributed by atoms with Crippen LogP contribution in [0.4, 0.5) is 0 Å². The van der Waals surface area contributed by atoms with Gasteiger partial charge in [-0.1, -0.05) is 26.0 Å². The molecular formula is C19H24N2O4S. The summed E-state index contributed by atoms with van der Waals surface area (Å²) in [6, 6.07) is 10.4. The first kappa shape index (κ1) is 18.7. The minimum absolute atomic E-state index is 0.198. The second kappa shape index (κ2) is 7.25. The molecular weight excluding hydrogens is 352 g/mol. The Labute approximate surface area is 154 Å². The zero-order valence-electron chi connectivity index (χ0n) is 15.3. The molecule has 1 amide bonds. The summed E-state index contributed by atoms with van der Waals surface area (Å²) in [6.45, 7) is 7.18. The number of rotatable bonds is 4. The molecule has 3 rings (SSSR count). The standard InChI is InChI=1S/C19H24N2O4S/c1-14(2)16-5-7-17(8-6-16)26(23,24)21-12-10-20(11-13-21)19(22)18-9-4-15(3)25-18/h4-9,14H,10-13H2,1-3H3. The van der Waals surface area contributed by atoms with Gasteiger partial charge in [-0.2, -0.15) is 4.31 Å². The molecule has 0 unspecified atom stereocenters. The van der Waals surface area contributed by atoms with Gasteiger partial charge in [0.1, 0.15) is 5.76 Å². The van der Waals surface area contributed by atoms with Gasteiger partial charge in [-0.25, -0.2) is 8.42 Å². The van der Waals surface area contributed by atoms with Gasteiger partial charge < -0.3 is 9.32 Å². The van der Waals surface area contributed by atoms with Crippen LogP contribution in [0.2, 0.25) is 0 Å². The Kier molecular flexibility index (Phi) is 5.20. The molecule has 0 N–H and O–H groups in total. The number of carbonyl (C=O) groups is 1. The van der Waals surface area contributed by atoms with Crippen molar-refractivity contribution in [2.75, 3.05) is 26.2 Å². The van der Waals surface area contributed by atoms with Gasteiger partial charge in [0.05, 0.1) is 4.90 Å². The summed E-state index contributed by atoms with van der Waals surface area (Å²) >= 11 is 0. The van der Waals surface area contributed by atoms with Crippen LogP contribution < -0.4 is 0 Å². The molecule has 0 spiro atoms. The van der Waals surface area contributed by atoms with E-state index in [1.54, 1.807) is 36.1 Å². The van der Waals surface area contributed by atoms with Crippen molar-refractivity contribution < 1.29 is 17.6 Å². The van der Waals surface area contributed by atoms with Crippen molar-refractivity contribution in [2.24, 2.45) is 0 Å². The van der Waals surface area contributed by atoms with Crippen LogP contribution in [-0.2, 0) is 10.0 Å². The van der Waals surface area contributed by atoms with Crippen molar-refractivity contribution in [3.63, 3.8) is 0 Å². The number of benzene rings is 1. The summed E-state index contributed by atoms with van der Waals surface area (Å²) in [7, 11) is -3.54. The number of amides is 1. The topological polar surface area (TPSA) is 70.8 Å². The van der Waals surface area contributed by atoms with Crippen molar-refractivity contribution in [3.8, 4) is 0 Å². The van der Waals surface area contributed by atoms with E-state index in [2.05, 4.69) is 13.8 Å². The van der Waals surface area contributed by atoms with Crippen molar-refractivity contribution in [2.45, 2.75) is 31.6 Å². The Morgan fingerprint density at radius 2 is 1.62 bits per heavy atom. The lowest BCUT2D eigenvalue weighted by molar-refractivity contribution is 0.0664. The van der Waals surface area contributed by atoms with Gasteiger partial charge in [-0.05, 0) is 42.7 Å². The highest BCUT2D eigenvalue weighted by atomic mass is 32.2. The molecule has 2 aromatic rings. The fourth-order valence-corrected chi connectivity index (χ4v) is 4.43. The van der Waals surface area contributed by atoms with Gasteiger partial charge >= 0.3 is 0 Å². The number of aryl methyl sites for hydroxylation is 1. The number of hydrogen-bond acceptors (Lipinski definition) is 4. The molecule has 0 aliphatic carbocycles. The van der Waals surface area contributed by atoms with Crippen LogP contribution in [0.25, 0.3) is 0 Å². The quantitative estimate of drug-likeness (QED) is 0.823. The van der Waals surface area contributed by atoms with E-state index in [9.17, 15) is 13.2 Å². The first-order chi connectivity index (χ1) is 12.3. The summed E-state index contributed by atoms with van der Waals surface area (Å²) in [5.41, 5.74) is 1.10. The van der Waals surface area contributed by atoms with Gasteiger partial charge in [0.15, 0.2) is 5.76 Å². The average molecular weight is 376 g/mol. The average Bonchev–Trinajstić information content (AvgIpc) is 3.07. The predicted molar refractivity (Wildman–Crippen MR) is 98.6 cm³/mol. The van der Waals surface area contributed by atoms with E-state index in [0.29, 0.717) is 35.4 Å². The monoisotopic (exact) mass is 376 g/mol. The van der Waals surface area contributed by atoms with Crippen LogP contribution in [0.5, 0.6) is 0 Å². The fourth-order valence-electron chi connectivity index (χ4n) is 3.01. The van der Waals surface area contributed by atoms with Crippen LogP contribution in [0, 0.1) is 6.92 Å². The maximum atomic E-state index is 12.8. The largest absolute Gasteiger partial charge is 0.456 e. The van der Waals surface area contributed by atoms with E-state index in [4.69, 9.17) is 4.42 Å². The highest BCUT2D eigenvalue weighted by Crippen LogP contribution is 2.22. The third-order valence-corrected chi connectivity index (χ3v) is 6.57. The zero-order valence-corrected chi connectivity index (χ0v) is 16.1. The van der Waals surface area contributed by atoms with Gasteiger partial charge in [0.25, 0.3) is 5.91 Å². The highest BCUT2D eigenvalue weighted by Gasteiger charge is 2.31. The van der Waals surface area contributed by atoms with Gasteiger partial charge in [0, 0.05) is 26.2 Å². The minimum atomic E-state index is -3.54. The van der Waals surface area contributed by atoms with Crippen molar-refractivity contribution in [3.05, 3.63) is 53.5 Å². The Hall–Kier alpha value is -2.12. The van der Waals surface area contributed by atoms with Crippen LogP contribution in [0.1, 0.15) is 41.6 Å². The lowest BCUT2D eigenvalue weighted by atomic mass is 10.0. The summed E-state index contributed by atoms with van der Waals surface area (Å²) < 4.78 is 32.5. The molecule has 0 atom stereocenters. The molecule has 2 heterocycles. The molecule has 1 aliphatic heterocycles. The summed E-state index contributed by atoms with van der Waals surface area (Å²) in [5.74, 6) is 1.13. The minimum Gasteiger partial charge on any atom is -0.456 e. The molecule has 1 aromatic heterocycles. The van der Waals surface area contributed by atoms with Crippen LogP contribution in [0.3, 0.4) is 0 Å². The molecule has 1 aliphatic rings. The molecule has 140 valence electrons. The SMILES string of the molecule is Cc1ccc(C(=O)N2CCN(S(=O)(=O)c3ccc(C(C)C)cc3)CC2)o1. The normalized spacial score (nSPS) is 16.2. The first-order valence-corrected chi connectivity index (χ1v) is 10.2. The summed E-state index contributed by atoms with van der Waals surface area (Å²) in [5, 5.41) is 0. The van der Waals surface area contributed by atoms with E-state index in [1.165, 1.54) is 4.31 Å². The lowest BCUT2D eigenvalue weighted by Gasteiger charge is -2.33. The number of piperazine rings is 1. The molecule has 7 heteroatoms. The Balaban J connectivity index is 1.67. The molecule has 1 aromatic carbocycles. The van der Waals surface area contributed by atoms with Crippen molar-refractivity contribution in [1.29, 1.82) is 0 Å². The third-order valence-electron chi connectivity index (χ3n) is 4.66. The molecule has 1 fully saturated rings. The maximum absolute atomic E-state index is 12.8. The van der Waals surface area contributed by atoms with E-state index in [-0.39, 0.29) is 19.0 Å². The zero-order chi connectivity index (χ0) is 18.9. The van der Waals surface area contributed by atoms with Crippen LogP contribution in [0.15, 0.2) is 45.7 Å². The van der Waals surface area contributed by atoms with Crippen molar-refractivity contribution >= 4 is 15.9 Å². The molecule has 0 bridgehead atoms. The maximum Gasteiger partial charge on any atom is 0.289 e. The number of nitrogens with zero attached hydrogens (tertiary/aromatic N) is 2. The summed E-state index contributed by atoms with van der Waals surface area (Å²) in [4.78, 5) is 14.3. The second-order valence-electron chi connectivity index (χ2n) is 6.83. The van der Waals surface area contributed by atoms with Crippen LogP contribution in [-0.4, -0.2) is 49.7 Å². The fraction of sp³-hybridized carbons (Fsp3) is 0.421. The van der Waals surface area contributed by atoms with Gasteiger partial charge in [-0.3, -0.25) is 4.79 Å². The highest BCUT2D eigenvalue weighted by molar-refractivity contribution is 7.89. The summed E-state index contributed by atoms with van der Waals surface area (Å²) in [6.07, 6.45) is 0. The predicted octanol–water partition coefficient (Wildman–Crippen LogP) is 2.86. The van der Waals surface area contributed by atoms with E-state index in [0.717, 1.165) is 5.56 Å². The second-order valence-corrected chi connectivity index (χ2v) is 8.77. The molecule has 1 saturated heterocycles. The lowest BCUT2D eigenvalue weighted by Crippen LogP contribution is -2.50. The Morgan fingerprint density at radius 1 is 1.00 bits per heavy atom. The number of furan rings is 1. The molecule has 26 heavy (non-hydrogen) atoms. The molecule has 6 nitrogen and oxygen atoms in total. The Bertz CT molecular complexity index is 877. The van der Waals surface area contributed by atoms with Crippen LogP contribution >= 0.6 is 0 Å². The Morgan fingerprint density at radius 3 is 2.12 bits per heavy atom. The van der Waals surface area contributed by atoms with Gasteiger partial charge in [0.2, 0.25) is 10.0 Å². The third kappa shape index (κ3) is 3.68. The molecule has 0 radical (unpaired) electrons. The number of hydrogen-bond donors (Lipinski definition) is 0. The number of sulfonamides is 1. The number of carbonyl (C=O) groups excluding carboxylic acids is 1. The van der Waals surface area contributed by atoms with Gasteiger partial charge in [-0.15, -0.1) is 0 Å². The van der Waals surface area contributed by atoms with E-state index < -0.39 is 10.0 Å². The van der Waals surface area contributed by atoms with E-state index in [1.807, 2.05) is 12.1 Å². The first-order valence-electron chi connectivity index (χ1n) is 8.75. The molecule has 0 saturated carbocycles. The smallest absolute Gasteiger partial charge is 0.289 e. The van der Waals surface area contributed by atoms with E-state index >= 15 is 0 Å².